The van der Waals surface area contributed by atoms with Crippen LogP contribution in [0.4, 0.5) is 4.39 Å². The molecule has 1 aromatic carbocycles. The highest BCUT2D eigenvalue weighted by Gasteiger charge is 2.09. The van der Waals surface area contributed by atoms with Gasteiger partial charge in [0.2, 0.25) is 0 Å². The Bertz CT molecular complexity index is 602. The zero-order valence-electron chi connectivity index (χ0n) is 10.1. The number of benzene rings is 1. The van der Waals surface area contributed by atoms with Crippen LogP contribution in [0.2, 0.25) is 0 Å². The van der Waals surface area contributed by atoms with Crippen LogP contribution in [0.25, 0.3) is 0 Å². The van der Waals surface area contributed by atoms with Gasteiger partial charge >= 0.3 is 5.97 Å². The van der Waals surface area contributed by atoms with Crippen LogP contribution < -0.4 is 0 Å². The highest BCUT2D eigenvalue weighted by molar-refractivity contribution is 7.98. The number of aryl methyl sites for hydroxylation is 1. The molecule has 1 aromatic heterocycles. The van der Waals surface area contributed by atoms with Gasteiger partial charge in [0.25, 0.3) is 0 Å². The van der Waals surface area contributed by atoms with E-state index >= 15 is 0 Å². The molecular formula is C13H11FN2O2S. The molecule has 0 bridgehead atoms. The molecule has 98 valence electrons. The van der Waals surface area contributed by atoms with Crippen molar-refractivity contribution < 1.29 is 14.3 Å². The first-order valence-corrected chi connectivity index (χ1v) is 6.48. The van der Waals surface area contributed by atoms with Crippen LogP contribution in [0.15, 0.2) is 35.7 Å². The Balaban J connectivity index is 2.07. The van der Waals surface area contributed by atoms with Crippen LogP contribution >= 0.6 is 11.8 Å². The van der Waals surface area contributed by atoms with E-state index in [1.54, 1.807) is 12.4 Å². The first-order chi connectivity index (χ1) is 9.06. The van der Waals surface area contributed by atoms with Crippen molar-refractivity contribution in [1.29, 1.82) is 0 Å². The summed E-state index contributed by atoms with van der Waals surface area (Å²) in [6.07, 6.45) is 3.39. The van der Waals surface area contributed by atoms with Gasteiger partial charge in [0.1, 0.15) is 5.82 Å². The Labute approximate surface area is 113 Å². The summed E-state index contributed by atoms with van der Waals surface area (Å²) in [5, 5.41) is 9.30. The van der Waals surface area contributed by atoms with Gasteiger partial charge in [-0.15, -0.1) is 0 Å². The van der Waals surface area contributed by atoms with Crippen molar-refractivity contribution >= 4 is 17.7 Å². The molecule has 0 fully saturated rings. The largest absolute Gasteiger partial charge is 0.478 e. The summed E-state index contributed by atoms with van der Waals surface area (Å²) in [5.41, 5.74) is 1.33. The lowest BCUT2D eigenvalue weighted by Crippen LogP contribution is -1.99. The predicted molar refractivity (Wildman–Crippen MR) is 69.7 cm³/mol. The van der Waals surface area contributed by atoms with E-state index in [0.29, 0.717) is 16.5 Å². The summed E-state index contributed by atoms with van der Waals surface area (Å²) < 4.78 is 13.7. The number of aromatic nitrogens is 2. The number of carboxylic acids is 1. The van der Waals surface area contributed by atoms with E-state index in [-0.39, 0.29) is 5.56 Å². The number of thioether (sulfide) groups is 1. The quantitative estimate of drug-likeness (QED) is 0.688. The lowest BCUT2D eigenvalue weighted by molar-refractivity contribution is 0.0696. The van der Waals surface area contributed by atoms with E-state index < -0.39 is 11.8 Å². The molecule has 2 aromatic rings. The SMILES string of the molecule is Cc1cnc(SCc2ccc(C(=O)O)cc2F)nc1. The van der Waals surface area contributed by atoms with E-state index in [9.17, 15) is 9.18 Å². The fourth-order valence-corrected chi connectivity index (χ4v) is 2.17. The Kier molecular flexibility index (Phi) is 4.11. The first kappa shape index (κ1) is 13.5. The summed E-state index contributed by atoms with van der Waals surface area (Å²) in [7, 11) is 0. The van der Waals surface area contributed by atoms with Gasteiger partial charge in [-0.1, -0.05) is 17.8 Å². The van der Waals surface area contributed by atoms with Crippen molar-refractivity contribution in [3.8, 4) is 0 Å². The molecule has 0 aliphatic heterocycles. The molecule has 0 aliphatic rings. The summed E-state index contributed by atoms with van der Waals surface area (Å²) in [6.45, 7) is 1.89. The molecule has 4 nitrogen and oxygen atoms in total. The summed E-state index contributed by atoms with van der Waals surface area (Å²) in [5.74, 6) is -1.31. The van der Waals surface area contributed by atoms with Crippen molar-refractivity contribution in [3.05, 3.63) is 53.1 Å². The number of hydrogen-bond donors (Lipinski definition) is 1. The average Bonchev–Trinajstić information content (AvgIpc) is 2.39. The highest BCUT2D eigenvalue weighted by atomic mass is 32.2. The fourth-order valence-electron chi connectivity index (χ4n) is 1.39. The Morgan fingerprint density at radius 1 is 1.37 bits per heavy atom. The first-order valence-electron chi connectivity index (χ1n) is 5.49. The van der Waals surface area contributed by atoms with Crippen molar-refractivity contribution in [1.82, 2.24) is 9.97 Å². The number of carboxylic acid groups (broad SMARTS) is 1. The second-order valence-electron chi connectivity index (χ2n) is 3.94. The Hall–Kier alpha value is -1.95. The molecule has 0 saturated heterocycles. The van der Waals surface area contributed by atoms with Gasteiger partial charge in [0.15, 0.2) is 5.16 Å². The minimum Gasteiger partial charge on any atom is -0.478 e. The van der Waals surface area contributed by atoms with Crippen LogP contribution in [0, 0.1) is 12.7 Å². The zero-order chi connectivity index (χ0) is 13.8. The molecule has 0 saturated carbocycles. The average molecular weight is 278 g/mol. The number of halogens is 1. The number of rotatable bonds is 4. The lowest BCUT2D eigenvalue weighted by Gasteiger charge is -2.03. The topological polar surface area (TPSA) is 63.1 Å². The van der Waals surface area contributed by atoms with Crippen molar-refractivity contribution in [2.24, 2.45) is 0 Å². The van der Waals surface area contributed by atoms with Crippen LogP contribution in [0.3, 0.4) is 0 Å². The standard InChI is InChI=1S/C13H11FN2O2S/c1-8-5-15-13(16-6-8)19-7-10-3-2-9(12(17)18)4-11(10)14/h2-6H,7H2,1H3,(H,17,18). The van der Waals surface area contributed by atoms with Crippen LogP contribution in [-0.2, 0) is 5.75 Å². The maximum Gasteiger partial charge on any atom is 0.335 e. The molecule has 2 rings (SSSR count). The Morgan fingerprint density at radius 2 is 2.05 bits per heavy atom. The second-order valence-corrected chi connectivity index (χ2v) is 4.89. The molecule has 0 amide bonds. The van der Waals surface area contributed by atoms with Gasteiger partial charge in [-0.25, -0.2) is 19.2 Å². The summed E-state index contributed by atoms with van der Waals surface area (Å²) in [4.78, 5) is 18.9. The fraction of sp³-hybridized carbons (Fsp3) is 0.154. The second kappa shape index (κ2) is 5.79. The third-order valence-electron chi connectivity index (χ3n) is 2.41. The van der Waals surface area contributed by atoms with E-state index in [4.69, 9.17) is 5.11 Å². The molecule has 0 spiro atoms. The number of hydrogen-bond acceptors (Lipinski definition) is 4. The molecule has 0 atom stereocenters. The van der Waals surface area contributed by atoms with E-state index in [1.165, 1.54) is 23.9 Å². The molecule has 19 heavy (non-hydrogen) atoms. The number of nitrogens with zero attached hydrogens (tertiary/aromatic N) is 2. The third kappa shape index (κ3) is 3.51. The monoisotopic (exact) mass is 278 g/mol. The van der Waals surface area contributed by atoms with Gasteiger partial charge in [-0.3, -0.25) is 0 Å². The molecule has 0 radical (unpaired) electrons. The lowest BCUT2D eigenvalue weighted by atomic mass is 10.1. The van der Waals surface area contributed by atoms with E-state index in [2.05, 4.69) is 9.97 Å². The van der Waals surface area contributed by atoms with Gasteiger partial charge in [0, 0.05) is 18.1 Å². The zero-order valence-corrected chi connectivity index (χ0v) is 10.9. The minimum absolute atomic E-state index is 0.0576. The van der Waals surface area contributed by atoms with Crippen LogP contribution in [-0.4, -0.2) is 21.0 Å². The van der Waals surface area contributed by atoms with Gasteiger partial charge in [-0.05, 0) is 30.2 Å². The van der Waals surface area contributed by atoms with Gasteiger partial charge < -0.3 is 5.11 Å². The summed E-state index contributed by atoms with van der Waals surface area (Å²) in [6, 6.07) is 3.88. The van der Waals surface area contributed by atoms with Gasteiger partial charge in [0.05, 0.1) is 5.56 Å². The van der Waals surface area contributed by atoms with E-state index in [0.717, 1.165) is 11.6 Å². The van der Waals surface area contributed by atoms with Crippen LogP contribution in [0.1, 0.15) is 21.5 Å². The van der Waals surface area contributed by atoms with Gasteiger partial charge in [-0.2, -0.15) is 0 Å². The smallest absolute Gasteiger partial charge is 0.335 e. The predicted octanol–water partition coefficient (Wildman–Crippen LogP) is 2.91. The molecular weight excluding hydrogens is 267 g/mol. The van der Waals surface area contributed by atoms with Crippen LogP contribution in [0.5, 0.6) is 0 Å². The number of carbonyl (C=O) groups is 1. The Morgan fingerprint density at radius 3 is 2.63 bits per heavy atom. The number of aromatic carboxylic acids is 1. The minimum atomic E-state index is -1.14. The highest BCUT2D eigenvalue weighted by Crippen LogP contribution is 2.21. The molecule has 6 heteroatoms. The van der Waals surface area contributed by atoms with Crippen molar-refractivity contribution in [3.63, 3.8) is 0 Å². The third-order valence-corrected chi connectivity index (χ3v) is 3.34. The molecule has 1 heterocycles. The normalized spacial score (nSPS) is 10.4. The molecule has 0 aliphatic carbocycles. The maximum atomic E-state index is 13.7. The van der Waals surface area contributed by atoms with E-state index in [1.807, 2.05) is 6.92 Å². The van der Waals surface area contributed by atoms with Crippen molar-refractivity contribution in [2.75, 3.05) is 0 Å². The summed E-state index contributed by atoms with van der Waals surface area (Å²) >= 11 is 1.30. The molecule has 1 N–H and O–H groups in total. The van der Waals surface area contributed by atoms with Crippen molar-refractivity contribution in [2.45, 2.75) is 17.8 Å². The maximum absolute atomic E-state index is 13.7. The molecule has 0 unspecified atom stereocenters.